The van der Waals surface area contributed by atoms with Gasteiger partial charge in [0.25, 0.3) is 0 Å². The van der Waals surface area contributed by atoms with Crippen LogP contribution in [-0.4, -0.2) is 24.5 Å². The molecule has 0 atom stereocenters. The largest absolute Gasteiger partial charge is 0.384 e. The standard InChI is InChI=1S/C18H20ClN3/c19-17-9-7-16(8-10-17)15-22(13-4-11-20)14-12-21-18-5-2-1-3-6-18/h1-3,5-10,21H,4,12-15H2. The molecule has 4 heteroatoms. The van der Waals surface area contributed by atoms with Crippen LogP contribution < -0.4 is 5.32 Å². The Morgan fingerprint density at radius 3 is 2.41 bits per heavy atom. The van der Waals surface area contributed by atoms with Gasteiger partial charge in [-0.05, 0) is 29.8 Å². The fraction of sp³-hybridized carbons (Fsp3) is 0.278. The topological polar surface area (TPSA) is 39.1 Å². The summed E-state index contributed by atoms with van der Waals surface area (Å²) in [6.07, 6.45) is 0.541. The molecule has 22 heavy (non-hydrogen) atoms. The van der Waals surface area contributed by atoms with Gasteiger partial charge in [0.05, 0.1) is 6.07 Å². The van der Waals surface area contributed by atoms with Gasteiger partial charge in [0.2, 0.25) is 0 Å². The summed E-state index contributed by atoms with van der Waals surface area (Å²) in [5.74, 6) is 0. The van der Waals surface area contributed by atoms with Crippen LogP contribution in [0.2, 0.25) is 5.02 Å². The van der Waals surface area contributed by atoms with Crippen LogP contribution in [0.25, 0.3) is 0 Å². The second-order valence-electron chi connectivity index (χ2n) is 5.10. The number of nitriles is 1. The summed E-state index contributed by atoms with van der Waals surface area (Å²) in [5, 5.41) is 13.0. The highest BCUT2D eigenvalue weighted by atomic mass is 35.5. The molecule has 0 aliphatic rings. The van der Waals surface area contributed by atoms with E-state index in [0.29, 0.717) is 6.42 Å². The zero-order valence-corrected chi connectivity index (χ0v) is 13.3. The number of halogens is 1. The average Bonchev–Trinajstić information content (AvgIpc) is 2.55. The Labute approximate surface area is 137 Å². The summed E-state index contributed by atoms with van der Waals surface area (Å²) in [6, 6.07) is 20.2. The molecule has 0 radical (unpaired) electrons. The molecule has 0 amide bonds. The van der Waals surface area contributed by atoms with Crippen LogP contribution in [0.1, 0.15) is 12.0 Å². The molecule has 0 aromatic heterocycles. The Kier molecular flexibility index (Phi) is 6.76. The number of benzene rings is 2. The summed E-state index contributed by atoms with van der Waals surface area (Å²) in [6.45, 7) is 3.34. The zero-order valence-electron chi connectivity index (χ0n) is 12.5. The van der Waals surface area contributed by atoms with E-state index in [0.717, 1.165) is 36.9 Å². The predicted molar refractivity (Wildman–Crippen MR) is 91.9 cm³/mol. The van der Waals surface area contributed by atoms with E-state index in [9.17, 15) is 0 Å². The summed E-state index contributed by atoms with van der Waals surface area (Å²) < 4.78 is 0. The summed E-state index contributed by atoms with van der Waals surface area (Å²) in [5.41, 5.74) is 2.33. The van der Waals surface area contributed by atoms with E-state index in [1.54, 1.807) is 0 Å². The molecule has 114 valence electrons. The van der Waals surface area contributed by atoms with E-state index >= 15 is 0 Å². The molecule has 2 rings (SSSR count). The van der Waals surface area contributed by atoms with E-state index in [1.807, 2.05) is 42.5 Å². The minimum Gasteiger partial charge on any atom is -0.384 e. The molecule has 0 aliphatic carbocycles. The zero-order chi connectivity index (χ0) is 15.6. The molecule has 1 N–H and O–H groups in total. The van der Waals surface area contributed by atoms with Gasteiger partial charge in [0.15, 0.2) is 0 Å². The lowest BCUT2D eigenvalue weighted by atomic mass is 10.2. The monoisotopic (exact) mass is 313 g/mol. The second kappa shape index (κ2) is 9.09. The third-order valence-electron chi connectivity index (χ3n) is 3.39. The lowest BCUT2D eigenvalue weighted by Crippen LogP contribution is -2.29. The van der Waals surface area contributed by atoms with E-state index in [1.165, 1.54) is 5.56 Å². The molecular formula is C18H20ClN3. The third kappa shape index (κ3) is 5.77. The van der Waals surface area contributed by atoms with Gasteiger partial charge in [-0.1, -0.05) is 41.9 Å². The van der Waals surface area contributed by atoms with Crippen molar-refractivity contribution < 1.29 is 0 Å². The first-order valence-corrected chi connectivity index (χ1v) is 7.78. The molecular weight excluding hydrogens is 294 g/mol. The molecule has 0 saturated carbocycles. The molecule has 0 spiro atoms. The number of anilines is 1. The Bertz CT molecular complexity index is 590. The Hall–Kier alpha value is -2.02. The van der Waals surface area contributed by atoms with Crippen LogP contribution in [0.3, 0.4) is 0 Å². The minimum atomic E-state index is 0.541. The SMILES string of the molecule is N#CCCN(CCNc1ccccc1)Cc1ccc(Cl)cc1. The number of hydrogen-bond acceptors (Lipinski definition) is 3. The first-order chi connectivity index (χ1) is 10.8. The van der Waals surface area contributed by atoms with Crippen LogP contribution in [0.5, 0.6) is 0 Å². The van der Waals surface area contributed by atoms with Crippen molar-refractivity contribution in [2.24, 2.45) is 0 Å². The first-order valence-electron chi connectivity index (χ1n) is 7.40. The average molecular weight is 314 g/mol. The van der Waals surface area contributed by atoms with Crippen molar-refractivity contribution in [3.05, 3.63) is 65.2 Å². The van der Waals surface area contributed by atoms with Gasteiger partial charge in [-0.25, -0.2) is 0 Å². The lowest BCUT2D eigenvalue weighted by Gasteiger charge is -2.21. The van der Waals surface area contributed by atoms with Gasteiger partial charge in [-0.15, -0.1) is 0 Å². The van der Waals surface area contributed by atoms with Crippen molar-refractivity contribution in [2.45, 2.75) is 13.0 Å². The molecule has 2 aromatic carbocycles. The second-order valence-corrected chi connectivity index (χ2v) is 5.54. The Morgan fingerprint density at radius 2 is 1.73 bits per heavy atom. The first kappa shape index (κ1) is 16.4. The van der Waals surface area contributed by atoms with Crippen molar-refractivity contribution in [3.63, 3.8) is 0 Å². The molecule has 0 fully saturated rings. The molecule has 0 unspecified atom stereocenters. The van der Waals surface area contributed by atoms with Crippen molar-refractivity contribution in [1.29, 1.82) is 5.26 Å². The van der Waals surface area contributed by atoms with Crippen molar-refractivity contribution >= 4 is 17.3 Å². The number of rotatable bonds is 8. The molecule has 3 nitrogen and oxygen atoms in total. The lowest BCUT2D eigenvalue weighted by molar-refractivity contribution is 0.282. The van der Waals surface area contributed by atoms with Crippen LogP contribution in [0.15, 0.2) is 54.6 Å². The minimum absolute atomic E-state index is 0.541. The van der Waals surface area contributed by atoms with Crippen LogP contribution in [0, 0.1) is 11.3 Å². The number of nitrogens with zero attached hydrogens (tertiary/aromatic N) is 2. The maximum atomic E-state index is 8.81. The predicted octanol–water partition coefficient (Wildman–Crippen LogP) is 4.17. The molecule has 0 aliphatic heterocycles. The molecule has 0 bridgehead atoms. The molecule has 0 saturated heterocycles. The van der Waals surface area contributed by atoms with Gasteiger partial charge in [-0.3, -0.25) is 4.90 Å². The van der Waals surface area contributed by atoms with Crippen molar-refractivity contribution in [2.75, 3.05) is 25.0 Å². The van der Waals surface area contributed by atoms with Gasteiger partial charge in [0.1, 0.15) is 0 Å². The fourth-order valence-electron chi connectivity index (χ4n) is 2.24. The number of hydrogen-bond donors (Lipinski definition) is 1. The fourth-order valence-corrected chi connectivity index (χ4v) is 2.37. The smallest absolute Gasteiger partial charge is 0.0635 e. The van der Waals surface area contributed by atoms with Gasteiger partial charge in [-0.2, -0.15) is 5.26 Å². The van der Waals surface area contributed by atoms with Crippen molar-refractivity contribution in [3.8, 4) is 6.07 Å². The van der Waals surface area contributed by atoms with E-state index in [2.05, 4.69) is 28.4 Å². The summed E-state index contributed by atoms with van der Waals surface area (Å²) >= 11 is 5.92. The highest BCUT2D eigenvalue weighted by molar-refractivity contribution is 6.30. The van der Waals surface area contributed by atoms with Crippen LogP contribution in [0.4, 0.5) is 5.69 Å². The van der Waals surface area contributed by atoms with E-state index in [4.69, 9.17) is 16.9 Å². The highest BCUT2D eigenvalue weighted by Gasteiger charge is 2.06. The summed E-state index contributed by atoms with van der Waals surface area (Å²) in [7, 11) is 0. The van der Waals surface area contributed by atoms with Crippen LogP contribution >= 0.6 is 11.6 Å². The Balaban J connectivity index is 1.85. The number of nitrogens with one attached hydrogen (secondary N) is 1. The van der Waals surface area contributed by atoms with Gasteiger partial charge < -0.3 is 5.32 Å². The van der Waals surface area contributed by atoms with Gasteiger partial charge >= 0.3 is 0 Å². The Morgan fingerprint density at radius 1 is 1.00 bits per heavy atom. The highest BCUT2D eigenvalue weighted by Crippen LogP contribution is 2.12. The summed E-state index contributed by atoms with van der Waals surface area (Å²) in [4.78, 5) is 2.28. The maximum absolute atomic E-state index is 8.81. The third-order valence-corrected chi connectivity index (χ3v) is 3.64. The molecule has 2 aromatic rings. The van der Waals surface area contributed by atoms with Crippen molar-refractivity contribution in [1.82, 2.24) is 4.90 Å². The maximum Gasteiger partial charge on any atom is 0.0635 e. The van der Waals surface area contributed by atoms with E-state index < -0.39 is 0 Å². The van der Waals surface area contributed by atoms with Crippen LogP contribution in [-0.2, 0) is 6.54 Å². The molecule has 0 heterocycles. The number of para-hydroxylation sites is 1. The van der Waals surface area contributed by atoms with E-state index in [-0.39, 0.29) is 0 Å². The van der Waals surface area contributed by atoms with Gasteiger partial charge in [0, 0.05) is 43.3 Å². The normalized spacial score (nSPS) is 10.4. The quantitative estimate of drug-likeness (QED) is 0.795.